The van der Waals surface area contributed by atoms with Crippen molar-refractivity contribution in [3.8, 4) is 0 Å². The van der Waals surface area contributed by atoms with Crippen molar-refractivity contribution in [3.05, 3.63) is 34.6 Å². The molecule has 0 spiro atoms. The molecule has 0 saturated carbocycles. The van der Waals surface area contributed by atoms with Gasteiger partial charge in [-0.15, -0.1) is 0 Å². The Morgan fingerprint density at radius 2 is 2.38 bits per heavy atom. The third-order valence-electron chi connectivity index (χ3n) is 3.46. The van der Waals surface area contributed by atoms with E-state index >= 15 is 0 Å². The molecule has 1 aliphatic heterocycles. The molecular weight excluding hydrogens is 225 g/mol. The van der Waals surface area contributed by atoms with Crippen LogP contribution in [0.3, 0.4) is 0 Å². The average Bonchev–Trinajstić information content (AvgIpc) is 2.78. The van der Waals surface area contributed by atoms with Gasteiger partial charge in [0.15, 0.2) is 0 Å². The summed E-state index contributed by atoms with van der Waals surface area (Å²) in [4.78, 5) is 0. The van der Waals surface area contributed by atoms with Gasteiger partial charge in [0.2, 0.25) is 0 Å². The first-order chi connectivity index (χ1) is 7.72. The molecule has 0 radical (unpaired) electrons. The lowest BCUT2D eigenvalue weighted by atomic mass is 9.83. The van der Waals surface area contributed by atoms with E-state index in [0.29, 0.717) is 16.9 Å². The van der Waals surface area contributed by atoms with Crippen LogP contribution in [0.1, 0.15) is 31.2 Å². The van der Waals surface area contributed by atoms with E-state index in [9.17, 15) is 4.39 Å². The highest BCUT2D eigenvalue weighted by atomic mass is 35.5. The first-order valence-corrected chi connectivity index (χ1v) is 6.25. The Morgan fingerprint density at radius 1 is 1.56 bits per heavy atom. The molecule has 2 rings (SSSR count). The number of benzene rings is 1. The Morgan fingerprint density at radius 3 is 3.00 bits per heavy atom. The van der Waals surface area contributed by atoms with E-state index in [2.05, 4.69) is 12.2 Å². The average molecular weight is 242 g/mol. The molecule has 1 aromatic rings. The smallest absolute Gasteiger partial charge is 0.123 e. The third kappa shape index (κ3) is 2.38. The normalized spacial score (nSPS) is 22.3. The first kappa shape index (κ1) is 11.9. The summed E-state index contributed by atoms with van der Waals surface area (Å²) in [5.41, 5.74) is 0.970. The van der Waals surface area contributed by atoms with Crippen LogP contribution in [0.2, 0.25) is 5.02 Å². The second-order valence-corrected chi connectivity index (χ2v) is 4.84. The maximum absolute atomic E-state index is 13.3. The van der Waals surface area contributed by atoms with E-state index in [-0.39, 0.29) is 5.82 Å². The summed E-state index contributed by atoms with van der Waals surface area (Å²) in [6, 6.07) is 4.68. The van der Waals surface area contributed by atoms with Crippen molar-refractivity contribution in [1.82, 2.24) is 5.32 Å². The van der Waals surface area contributed by atoms with Crippen molar-refractivity contribution < 1.29 is 4.39 Å². The topological polar surface area (TPSA) is 12.0 Å². The molecule has 1 aliphatic rings. The maximum atomic E-state index is 13.3. The van der Waals surface area contributed by atoms with Gasteiger partial charge in [0.1, 0.15) is 5.82 Å². The van der Waals surface area contributed by atoms with E-state index < -0.39 is 0 Å². The zero-order chi connectivity index (χ0) is 11.5. The quantitative estimate of drug-likeness (QED) is 0.853. The van der Waals surface area contributed by atoms with Gasteiger partial charge in [-0.2, -0.15) is 0 Å². The van der Waals surface area contributed by atoms with Crippen LogP contribution in [0, 0.1) is 11.7 Å². The molecule has 1 aromatic carbocycles. The largest absolute Gasteiger partial charge is 0.316 e. The molecule has 0 aromatic heterocycles. The van der Waals surface area contributed by atoms with Crippen molar-refractivity contribution in [3.63, 3.8) is 0 Å². The molecule has 2 unspecified atom stereocenters. The lowest BCUT2D eigenvalue weighted by Crippen LogP contribution is -2.16. The highest BCUT2D eigenvalue weighted by Crippen LogP contribution is 2.36. The van der Waals surface area contributed by atoms with E-state index in [1.807, 2.05) is 0 Å². The van der Waals surface area contributed by atoms with E-state index in [4.69, 9.17) is 11.6 Å². The summed E-state index contributed by atoms with van der Waals surface area (Å²) < 4.78 is 13.3. The highest BCUT2D eigenvalue weighted by Gasteiger charge is 2.26. The lowest BCUT2D eigenvalue weighted by molar-refractivity contribution is 0.445. The van der Waals surface area contributed by atoms with Gasteiger partial charge in [0, 0.05) is 5.02 Å². The maximum Gasteiger partial charge on any atom is 0.123 e. The van der Waals surface area contributed by atoms with Crippen LogP contribution in [-0.4, -0.2) is 13.1 Å². The zero-order valence-electron chi connectivity index (χ0n) is 9.47. The Hall–Kier alpha value is -0.600. The molecule has 2 atom stereocenters. The molecule has 88 valence electrons. The van der Waals surface area contributed by atoms with Gasteiger partial charge in [0.25, 0.3) is 0 Å². The van der Waals surface area contributed by atoms with Crippen LogP contribution in [-0.2, 0) is 0 Å². The summed E-state index contributed by atoms with van der Waals surface area (Å²) >= 11 is 6.16. The van der Waals surface area contributed by atoms with Gasteiger partial charge in [-0.1, -0.05) is 18.5 Å². The standard InChI is InChI=1S/C13H17ClFN/c1-2-11(9-5-6-16-8-9)12-7-10(15)3-4-13(12)14/h3-4,7,9,11,16H,2,5-6,8H2,1H3. The zero-order valence-corrected chi connectivity index (χ0v) is 10.2. The van der Waals surface area contributed by atoms with Crippen molar-refractivity contribution in [1.29, 1.82) is 0 Å². The number of hydrogen-bond acceptors (Lipinski definition) is 1. The molecule has 1 N–H and O–H groups in total. The van der Waals surface area contributed by atoms with Crippen molar-refractivity contribution in [2.75, 3.05) is 13.1 Å². The molecule has 3 heteroatoms. The van der Waals surface area contributed by atoms with Gasteiger partial charge >= 0.3 is 0 Å². The van der Waals surface area contributed by atoms with Crippen LogP contribution in [0.4, 0.5) is 4.39 Å². The number of halogens is 2. The molecule has 1 nitrogen and oxygen atoms in total. The van der Waals surface area contributed by atoms with E-state index in [1.54, 1.807) is 12.1 Å². The summed E-state index contributed by atoms with van der Waals surface area (Å²) in [5.74, 6) is 0.770. The summed E-state index contributed by atoms with van der Waals surface area (Å²) in [6.45, 7) is 4.23. The van der Waals surface area contributed by atoms with E-state index in [0.717, 1.165) is 31.5 Å². The fourth-order valence-electron chi connectivity index (χ4n) is 2.63. The van der Waals surface area contributed by atoms with Crippen LogP contribution >= 0.6 is 11.6 Å². The fourth-order valence-corrected chi connectivity index (χ4v) is 2.88. The van der Waals surface area contributed by atoms with Gasteiger partial charge in [0.05, 0.1) is 0 Å². The van der Waals surface area contributed by atoms with Crippen LogP contribution in [0.15, 0.2) is 18.2 Å². The molecule has 1 heterocycles. The third-order valence-corrected chi connectivity index (χ3v) is 3.81. The number of hydrogen-bond donors (Lipinski definition) is 1. The molecule has 1 saturated heterocycles. The van der Waals surface area contributed by atoms with Gasteiger partial charge in [-0.25, -0.2) is 4.39 Å². The monoisotopic (exact) mass is 241 g/mol. The minimum absolute atomic E-state index is 0.191. The molecular formula is C13H17ClFN. The second kappa shape index (κ2) is 5.15. The minimum atomic E-state index is -0.191. The number of rotatable bonds is 3. The van der Waals surface area contributed by atoms with Crippen molar-refractivity contribution >= 4 is 11.6 Å². The van der Waals surface area contributed by atoms with Crippen LogP contribution in [0.25, 0.3) is 0 Å². The van der Waals surface area contributed by atoms with Crippen LogP contribution in [0.5, 0.6) is 0 Å². The SMILES string of the molecule is CCC(c1cc(F)ccc1Cl)C1CCNC1. The van der Waals surface area contributed by atoms with Crippen molar-refractivity contribution in [2.24, 2.45) is 5.92 Å². The molecule has 0 aliphatic carbocycles. The first-order valence-electron chi connectivity index (χ1n) is 5.88. The lowest BCUT2D eigenvalue weighted by Gasteiger charge is -2.23. The van der Waals surface area contributed by atoms with E-state index in [1.165, 1.54) is 6.07 Å². The Labute approximate surface area is 101 Å². The van der Waals surface area contributed by atoms with Crippen molar-refractivity contribution in [2.45, 2.75) is 25.7 Å². The van der Waals surface area contributed by atoms with Gasteiger partial charge < -0.3 is 5.32 Å². The Bertz CT molecular complexity index is 361. The summed E-state index contributed by atoms with van der Waals surface area (Å²) in [6.07, 6.45) is 2.17. The molecule has 0 bridgehead atoms. The Kier molecular flexibility index (Phi) is 3.82. The Balaban J connectivity index is 2.28. The fraction of sp³-hybridized carbons (Fsp3) is 0.538. The molecule has 16 heavy (non-hydrogen) atoms. The van der Waals surface area contributed by atoms with Gasteiger partial charge in [-0.05, 0) is 61.5 Å². The van der Waals surface area contributed by atoms with Crippen LogP contribution < -0.4 is 5.32 Å². The number of nitrogens with one attached hydrogen (secondary N) is 1. The predicted octanol–water partition coefficient (Wildman–Crippen LogP) is 3.58. The predicted molar refractivity (Wildman–Crippen MR) is 65.4 cm³/mol. The second-order valence-electron chi connectivity index (χ2n) is 4.43. The molecule has 1 fully saturated rings. The summed E-state index contributed by atoms with van der Waals surface area (Å²) in [5, 5.41) is 4.05. The minimum Gasteiger partial charge on any atom is -0.316 e. The summed E-state index contributed by atoms with van der Waals surface area (Å²) in [7, 11) is 0. The molecule has 0 amide bonds. The van der Waals surface area contributed by atoms with Gasteiger partial charge in [-0.3, -0.25) is 0 Å². The highest BCUT2D eigenvalue weighted by molar-refractivity contribution is 6.31.